The van der Waals surface area contributed by atoms with Gasteiger partial charge in [-0.3, -0.25) is 15.4 Å². The number of hydrogen-bond donors (Lipinski definition) is 3. The molecule has 0 bridgehead atoms. The van der Waals surface area contributed by atoms with Gasteiger partial charge in [0.15, 0.2) is 11.9 Å². The normalized spacial score (nSPS) is 27.0. The van der Waals surface area contributed by atoms with E-state index < -0.39 is 35.9 Å². The summed E-state index contributed by atoms with van der Waals surface area (Å²) >= 11 is 1.52. The van der Waals surface area contributed by atoms with E-state index in [0.717, 1.165) is 12.8 Å². The van der Waals surface area contributed by atoms with Gasteiger partial charge in [0.25, 0.3) is 5.91 Å². The summed E-state index contributed by atoms with van der Waals surface area (Å²) in [4.78, 5) is 26.1. The molecule has 0 aliphatic carbocycles. The van der Waals surface area contributed by atoms with Crippen LogP contribution >= 0.6 is 11.8 Å². The molecule has 0 aromatic heterocycles. The van der Waals surface area contributed by atoms with Gasteiger partial charge in [-0.15, -0.1) is 0 Å². The first kappa shape index (κ1) is 20.2. The monoisotopic (exact) mass is 347 g/mol. The molecule has 1 rings (SSSR count). The first-order valence-electron chi connectivity index (χ1n) is 8.09. The summed E-state index contributed by atoms with van der Waals surface area (Å²) in [6.07, 6.45) is 2.70. The van der Waals surface area contributed by atoms with E-state index in [1.54, 1.807) is 6.92 Å². The molecule has 1 amide bonds. The van der Waals surface area contributed by atoms with Crippen LogP contribution in [-0.4, -0.2) is 57.9 Å². The first-order valence-corrected chi connectivity index (χ1v) is 9.48. The lowest BCUT2D eigenvalue weighted by Gasteiger charge is -2.35. The fourth-order valence-corrected chi connectivity index (χ4v) is 3.16. The number of nitrogens with two attached hydrogens (primary N) is 2. The van der Waals surface area contributed by atoms with Crippen LogP contribution in [0.3, 0.4) is 0 Å². The molecule has 1 fully saturated rings. The van der Waals surface area contributed by atoms with Crippen molar-refractivity contribution >= 4 is 23.6 Å². The second-order valence-corrected chi connectivity index (χ2v) is 6.88. The van der Waals surface area contributed by atoms with Crippen molar-refractivity contribution in [1.29, 1.82) is 0 Å². The number of esters is 1. The molecule has 0 aromatic carbocycles. The smallest absolute Gasteiger partial charge is 0.349 e. The van der Waals surface area contributed by atoms with Crippen LogP contribution in [0.2, 0.25) is 0 Å². The zero-order valence-corrected chi connectivity index (χ0v) is 15.0. The van der Waals surface area contributed by atoms with E-state index in [2.05, 4.69) is 0 Å². The van der Waals surface area contributed by atoms with Gasteiger partial charge in [-0.25, -0.2) is 4.79 Å². The third-order valence-electron chi connectivity index (χ3n) is 4.14. The Morgan fingerprint density at radius 3 is 2.70 bits per heavy atom. The Bertz CT molecular complexity index is 424. The molecule has 8 heteroatoms. The van der Waals surface area contributed by atoms with Gasteiger partial charge in [0.2, 0.25) is 0 Å². The molecular formula is C15H29N3O4S. The number of cyclic esters (lactones) is 1. The summed E-state index contributed by atoms with van der Waals surface area (Å²) in [5.41, 5.74) is 10.6. The second kappa shape index (κ2) is 8.86. The molecule has 0 saturated carbocycles. The van der Waals surface area contributed by atoms with Crippen molar-refractivity contribution in [3.8, 4) is 0 Å². The average molecular weight is 347 g/mol. The lowest BCUT2D eigenvalue weighted by atomic mass is 10.0. The summed E-state index contributed by atoms with van der Waals surface area (Å²) in [5, 5.41) is 10.3. The van der Waals surface area contributed by atoms with Crippen LogP contribution in [0.5, 0.6) is 0 Å². The molecule has 0 spiro atoms. The number of unbranched alkanes of at least 4 members (excludes halogenated alkanes) is 1. The summed E-state index contributed by atoms with van der Waals surface area (Å²) in [5.74, 6) is -0.653. The molecule has 0 unspecified atom stereocenters. The van der Waals surface area contributed by atoms with Crippen molar-refractivity contribution < 1.29 is 19.4 Å². The number of ether oxygens (including phenoxy) is 1. The number of thioether (sulfide) groups is 1. The summed E-state index contributed by atoms with van der Waals surface area (Å²) in [7, 11) is 0. The molecular weight excluding hydrogens is 318 g/mol. The highest BCUT2D eigenvalue weighted by molar-refractivity contribution is 7.98. The van der Waals surface area contributed by atoms with Crippen LogP contribution in [0.15, 0.2) is 0 Å². The Balaban J connectivity index is 2.97. The number of rotatable bonds is 9. The highest BCUT2D eigenvalue weighted by Gasteiger charge is 2.55. The van der Waals surface area contributed by atoms with Crippen LogP contribution in [0, 0.1) is 0 Å². The van der Waals surface area contributed by atoms with Gasteiger partial charge in [-0.2, -0.15) is 11.8 Å². The molecule has 0 aromatic rings. The second-order valence-electron chi connectivity index (χ2n) is 5.89. The molecule has 1 saturated heterocycles. The van der Waals surface area contributed by atoms with E-state index in [9.17, 15) is 14.7 Å². The summed E-state index contributed by atoms with van der Waals surface area (Å²) in [6.45, 7) is 3.80. The fraction of sp³-hybridized carbons (Fsp3) is 0.867. The molecule has 1 aliphatic heterocycles. The summed E-state index contributed by atoms with van der Waals surface area (Å²) < 4.78 is 5.25. The Labute approximate surface area is 142 Å². The van der Waals surface area contributed by atoms with Crippen molar-refractivity contribution in [3.63, 3.8) is 0 Å². The number of carbonyl (C=O) groups is 2. The van der Waals surface area contributed by atoms with Crippen molar-refractivity contribution in [2.24, 2.45) is 11.5 Å². The number of aliphatic hydroxyl groups is 1. The van der Waals surface area contributed by atoms with Crippen LogP contribution in [-0.2, 0) is 14.3 Å². The van der Waals surface area contributed by atoms with Gasteiger partial charge in [0.05, 0.1) is 0 Å². The van der Waals surface area contributed by atoms with Gasteiger partial charge < -0.3 is 15.6 Å². The van der Waals surface area contributed by atoms with Crippen LogP contribution < -0.4 is 11.5 Å². The van der Waals surface area contributed by atoms with Crippen molar-refractivity contribution in [2.75, 3.05) is 12.0 Å². The van der Waals surface area contributed by atoms with E-state index in [0.29, 0.717) is 18.6 Å². The third kappa shape index (κ3) is 4.37. The van der Waals surface area contributed by atoms with E-state index >= 15 is 0 Å². The largest absolute Gasteiger partial charge is 0.439 e. The van der Waals surface area contributed by atoms with Crippen molar-refractivity contribution in [1.82, 2.24) is 4.90 Å². The lowest BCUT2D eigenvalue weighted by Crippen LogP contribution is -2.63. The summed E-state index contributed by atoms with van der Waals surface area (Å²) in [6, 6.07) is -0.680. The fourth-order valence-electron chi connectivity index (χ4n) is 2.64. The average Bonchev–Trinajstić information content (AvgIpc) is 2.80. The molecule has 7 nitrogen and oxygen atoms in total. The number of aliphatic hydroxyl groups excluding tert-OH is 1. The highest BCUT2D eigenvalue weighted by atomic mass is 32.2. The molecule has 23 heavy (non-hydrogen) atoms. The van der Waals surface area contributed by atoms with Gasteiger partial charge in [-0.05, 0) is 18.4 Å². The maximum Gasteiger partial charge on any atom is 0.349 e. The predicted octanol–water partition coefficient (Wildman–Crippen LogP) is 0.394. The lowest BCUT2D eigenvalue weighted by molar-refractivity contribution is -0.151. The zero-order valence-electron chi connectivity index (χ0n) is 14.2. The Hall–Kier alpha value is -0.830. The van der Waals surface area contributed by atoms with E-state index in [4.69, 9.17) is 16.2 Å². The van der Waals surface area contributed by atoms with E-state index in [1.807, 2.05) is 13.2 Å². The highest BCUT2D eigenvalue weighted by Crippen LogP contribution is 2.31. The standard InChI is InChI=1S/C15H29N3O4S/c1-4-6-7-10(16)12(19)13(20)18-11(5-2)22-14(21)15(18,17)8-9-23-3/h10-12,19H,4-9,16-17H2,1-3H3/t10-,11-,12-,15-/m0/s1. The maximum atomic E-state index is 12.7. The quantitative estimate of drug-likeness (QED) is 0.516. The maximum absolute atomic E-state index is 12.7. The Kier molecular flexibility index (Phi) is 7.79. The minimum Gasteiger partial charge on any atom is -0.439 e. The van der Waals surface area contributed by atoms with E-state index in [1.165, 1.54) is 16.7 Å². The van der Waals surface area contributed by atoms with Crippen molar-refractivity contribution in [2.45, 2.75) is 70.0 Å². The molecule has 4 atom stereocenters. The zero-order chi connectivity index (χ0) is 17.6. The predicted molar refractivity (Wildman–Crippen MR) is 90.4 cm³/mol. The molecule has 0 radical (unpaired) electrons. The molecule has 1 aliphatic rings. The van der Waals surface area contributed by atoms with E-state index in [-0.39, 0.29) is 6.42 Å². The Morgan fingerprint density at radius 2 is 2.17 bits per heavy atom. The van der Waals surface area contributed by atoms with Gasteiger partial charge in [0, 0.05) is 18.9 Å². The Morgan fingerprint density at radius 1 is 1.52 bits per heavy atom. The van der Waals surface area contributed by atoms with Crippen LogP contribution in [0.4, 0.5) is 0 Å². The topological polar surface area (TPSA) is 119 Å². The first-order chi connectivity index (χ1) is 10.8. The number of nitrogens with zero attached hydrogens (tertiary/aromatic N) is 1. The third-order valence-corrected chi connectivity index (χ3v) is 4.75. The van der Waals surface area contributed by atoms with Gasteiger partial charge in [-0.1, -0.05) is 26.7 Å². The molecule has 5 N–H and O–H groups in total. The molecule has 134 valence electrons. The number of carbonyl (C=O) groups excluding carboxylic acids is 2. The minimum absolute atomic E-state index is 0.270. The van der Waals surface area contributed by atoms with Crippen molar-refractivity contribution in [3.05, 3.63) is 0 Å². The minimum atomic E-state index is -1.54. The van der Waals surface area contributed by atoms with Gasteiger partial charge in [0.1, 0.15) is 6.10 Å². The molecule has 1 heterocycles. The SMILES string of the molecule is CCCC[C@H](N)[C@H](O)C(=O)N1[C@H](CC)OC(=O)[C@]1(N)CCSC. The van der Waals surface area contributed by atoms with Gasteiger partial charge >= 0.3 is 5.97 Å². The number of hydrogen-bond acceptors (Lipinski definition) is 7. The van der Waals surface area contributed by atoms with Crippen LogP contribution in [0.25, 0.3) is 0 Å². The number of amides is 1. The van der Waals surface area contributed by atoms with Crippen LogP contribution in [0.1, 0.15) is 46.0 Å².